The van der Waals surface area contributed by atoms with Crippen LogP contribution in [0.4, 0.5) is 0 Å². The van der Waals surface area contributed by atoms with Gasteiger partial charge in [0.2, 0.25) is 5.91 Å². The summed E-state index contributed by atoms with van der Waals surface area (Å²) < 4.78 is 2.31. The average Bonchev–Trinajstić information content (AvgIpc) is 2.72. The van der Waals surface area contributed by atoms with Crippen LogP contribution < -0.4 is 5.32 Å². The number of likely N-dealkylation sites (N-methyl/N-ethyl adjacent to an activating group) is 1. The highest BCUT2D eigenvalue weighted by Gasteiger charge is 2.35. The molecule has 0 saturated heterocycles. The molecular formula is C14H23N3O. The van der Waals surface area contributed by atoms with Crippen LogP contribution in [0.5, 0.6) is 0 Å². The third kappa shape index (κ3) is 1.94. The van der Waals surface area contributed by atoms with E-state index in [-0.39, 0.29) is 11.9 Å². The molecule has 0 radical (unpaired) electrons. The first-order chi connectivity index (χ1) is 8.38. The predicted molar refractivity (Wildman–Crippen MR) is 72.4 cm³/mol. The van der Waals surface area contributed by atoms with Crippen molar-refractivity contribution in [1.29, 1.82) is 0 Å². The summed E-state index contributed by atoms with van der Waals surface area (Å²) in [6.07, 6.45) is 0. The third-order valence-corrected chi connectivity index (χ3v) is 4.11. The number of aromatic nitrogens is 1. The van der Waals surface area contributed by atoms with Gasteiger partial charge in [-0.25, -0.2) is 0 Å². The van der Waals surface area contributed by atoms with Crippen LogP contribution in [-0.2, 0) is 11.3 Å². The number of hydrogen-bond acceptors (Lipinski definition) is 2. The summed E-state index contributed by atoms with van der Waals surface area (Å²) in [5, 5.41) is 3.09. The molecule has 4 heteroatoms. The quantitative estimate of drug-likeness (QED) is 0.866. The fourth-order valence-corrected chi connectivity index (χ4v) is 2.56. The van der Waals surface area contributed by atoms with Crippen molar-refractivity contribution in [3.8, 4) is 0 Å². The Labute approximate surface area is 109 Å². The molecule has 1 amide bonds. The molecule has 1 aromatic heterocycles. The van der Waals surface area contributed by atoms with E-state index in [0.717, 1.165) is 13.1 Å². The van der Waals surface area contributed by atoms with Crippen LogP contribution in [0.25, 0.3) is 0 Å². The topological polar surface area (TPSA) is 37.3 Å². The van der Waals surface area contributed by atoms with Gasteiger partial charge in [0.05, 0.1) is 11.6 Å². The van der Waals surface area contributed by atoms with Crippen LogP contribution in [0.15, 0.2) is 12.1 Å². The minimum Gasteiger partial charge on any atom is -0.345 e. The first-order valence-electron chi connectivity index (χ1n) is 6.54. The fourth-order valence-electron chi connectivity index (χ4n) is 2.56. The molecule has 0 aromatic carbocycles. The summed E-state index contributed by atoms with van der Waals surface area (Å²) in [4.78, 5) is 14.5. The minimum absolute atomic E-state index is 0.146. The van der Waals surface area contributed by atoms with E-state index >= 15 is 0 Å². The predicted octanol–water partition coefficient (Wildman–Crippen LogP) is 1.70. The molecule has 0 bridgehead atoms. The van der Waals surface area contributed by atoms with Crippen LogP contribution >= 0.6 is 0 Å². The lowest BCUT2D eigenvalue weighted by molar-refractivity contribution is -0.140. The molecular weight excluding hydrogens is 226 g/mol. The van der Waals surface area contributed by atoms with Gasteiger partial charge < -0.3 is 14.8 Å². The number of hydrogen-bond donors (Lipinski definition) is 1. The maximum atomic E-state index is 12.5. The lowest BCUT2D eigenvalue weighted by atomic mass is 10.0. The second-order valence-corrected chi connectivity index (χ2v) is 5.60. The van der Waals surface area contributed by atoms with Crippen LogP contribution in [-0.4, -0.2) is 34.5 Å². The molecule has 2 heterocycles. The van der Waals surface area contributed by atoms with Gasteiger partial charge in [-0.3, -0.25) is 4.79 Å². The van der Waals surface area contributed by atoms with Crippen LogP contribution in [0.2, 0.25) is 0 Å². The van der Waals surface area contributed by atoms with Crippen LogP contribution in [0.3, 0.4) is 0 Å². The van der Waals surface area contributed by atoms with Crippen molar-refractivity contribution in [2.24, 2.45) is 0 Å². The monoisotopic (exact) mass is 249 g/mol. The van der Waals surface area contributed by atoms with Crippen LogP contribution in [0.1, 0.15) is 38.2 Å². The van der Waals surface area contributed by atoms with Gasteiger partial charge in [0, 0.05) is 24.5 Å². The Kier molecular flexibility index (Phi) is 3.23. The molecule has 2 rings (SSSR count). The smallest absolute Gasteiger partial charge is 0.242 e. The van der Waals surface area contributed by atoms with Gasteiger partial charge in [-0.1, -0.05) is 0 Å². The summed E-state index contributed by atoms with van der Waals surface area (Å²) in [6, 6.07) is 4.40. The number of carbonyl (C=O) groups is 1. The number of rotatable bonds is 2. The minimum atomic E-state index is -0.502. The van der Waals surface area contributed by atoms with E-state index in [1.54, 1.807) is 0 Å². The van der Waals surface area contributed by atoms with Crippen molar-refractivity contribution in [2.75, 3.05) is 13.6 Å². The molecule has 0 fully saturated rings. The van der Waals surface area contributed by atoms with Gasteiger partial charge in [0.25, 0.3) is 0 Å². The summed E-state index contributed by atoms with van der Waals surface area (Å²) in [5.74, 6) is 0.169. The second kappa shape index (κ2) is 4.43. The Bertz CT molecular complexity index is 462. The van der Waals surface area contributed by atoms with Gasteiger partial charge in [0.15, 0.2) is 0 Å². The highest BCUT2D eigenvalue weighted by atomic mass is 16.2. The number of nitrogens with one attached hydrogen (secondary N) is 1. The fraction of sp³-hybridized carbons (Fsp3) is 0.643. The highest BCUT2D eigenvalue weighted by molar-refractivity contribution is 5.86. The number of carbonyl (C=O) groups excluding carboxylic acids is 1. The van der Waals surface area contributed by atoms with E-state index in [4.69, 9.17) is 0 Å². The Hall–Kier alpha value is -1.29. The Balaban J connectivity index is 2.27. The number of amides is 1. The molecule has 1 aliphatic heterocycles. The van der Waals surface area contributed by atoms with E-state index in [0.29, 0.717) is 0 Å². The number of aryl methyl sites for hydroxylation is 1. The molecule has 0 spiro atoms. The SMILES string of the molecule is CNC(C)(C)C(=O)N1CCn2c(C)ccc2C1C. The molecule has 4 nitrogen and oxygen atoms in total. The van der Waals surface area contributed by atoms with Crippen molar-refractivity contribution < 1.29 is 4.79 Å². The van der Waals surface area contributed by atoms with Crippen molar-refractivity contribution in [3.63, 3.8) is 0 Å². The average molecular weight is 249 g/mol. The molecule has 0 saturated carbocycles. The highest BCUT2D eigenvalue weighted by Crippen LogP contribution is 2.28. The lowest BCUT2D eigenvalue weighted by Gasteiger charge is -2.39. The van der Waals surface area contributed by atoms with E-state index in [2.05, 4.69) is 35.9 Å². The summed E-state index contributed by atoms with van der Waals surface area (Å²) in [7, 11) is 1.83. The molecule has 1 atom stereocenters. The first-order valence-corrected chi connectivity index (χ1v) is 6.54. The zero-order chi connectivity index (χ0) is 13.5. The summed E-state index contributed by atoms with van der Waals surface area (Å²) >= 11 is 0. The third-order valence-electron chi connectivity index (χ3n) is 4.11. The van der Waals surface area contributed by atoms with E-state index < -0.39 is 5.54 Å². The normalized spacial score (nSPS) is 19.8. The second-order valence-electron chi connectivity index (χ2n) is 5.60. The Morgan fingerprint density at radius 2 is 2.06 bits per heavy atom. The number of nitrogens with zero attached hydrogens (tertiary/aromatic N) is 2. The molecule has 0 aliphatic carbocycles. The molecule has 18 heavy (non-hydrogen) atoms. The van der Waals surface area contributed by atoms with Crippen molar-refractivity contribution in [2.45, 2.75) is 45.8 Å². The van der Waals surface area contributed by atoms with E-state index in [9.17, 15) is 4.79 Å². The Morgan fingerprint density at radius 1 is 1.39 bits per heavy atom. The maximum Gasteiger partial charge on any atom is 0.242 e. The Morgan fingerprint density at radius 3 is 2.67 bits per heavy atom. The largest absolute Gasteiger partial charge is 0.345 e. The molecule has 1 aromatic rings. The van der Waals surface area contributed by atoms with Crippen molar-refractivity contribution in [3.05, 3.63) is 23.5 Å². The van der Waals surface area contributed by atoms with E-state index in [1.807, 2.05) is 25.8 Å². The molecule has 1 unspecified atom stereocenters. The molecule has 100 valence electrons. The zero-order valence-corrected chi connectivity index (χ0v) is 11.9. The van der Waals surface area contributed by atoms with Crippen molar-refractivity contribution >= 4 is 5.91 Å². The molecule has 1 N–H and O–H groups in total. The first kappa shape index (κ1) is 13.1. The maximum absolute atomic E-state index is 12.5. The summed E-state index contributed by atoms with van der Waals surface area (Å²) in [6.45, 7) is 9.76. The lowest BCUT2D eigenvalue weighted by Crippen LogP contribution is -2.55. The number of fused-ring (bicyclic) bond motifs is 1. The van der Waals surface area contributed by atoms with Gasteiger partial charge >= 0.3 is 0 Å². The van der Waals surface area contributed by atoms with Gasteiger partial charge in [-0.05, 0) is 46.9 Å². The standard InChI is InChI=1S/C14H23N3O/c1-10-6-7-12-11(2)17(9-8-16(10)12)13(18)14(3,4)15-5/h6-7,11,15H,8-9H2,1-5H3. The van der Waals surface area contributed by atoms with Crippen molar-refractivity contribution in [1.82, 2.24) is 14.8 Å². The van der Waals surface area contributed by atoms with Crippen LogP contribution in [0, 0.1) is 6.92 Å². The molecule has 1 aliphatic rings. The van der Waals surface area contributed by atoms with Gasteiger partial charge in [-0.15, -0.1) is 0 Å². The summed E-state index contributed by atoms with van der Waals surface area (Å²) in [5.41, 5.74) is 2.01. The zero-order valence-electron chi connectivity index (χ0n) is 11.9. The van der Waals surface area contributed by atoms with Gasteiger partial charge in [-0.2, -0.15) is 0 Å². The van der Waals surface area contributed by atoms with Gasteiger partial charge in [0.1, 0.15) is 0 Å². The van der Waals surface area contributed by atoms with E-state index in [1.165, 1.54) is 11.4 Å².